The first kappa shape index (κ1) is 26.8. The molecule has 8 nitrogen and oxygen atoms in total. The fraction of sp³-hybridized carbons (Fsp3) is 0.333. The zero-order valence-corrected chi connectivity index (χ0v) is 23.3. The lowest BCUT2D eigenvalue weighted by Gasteiger charge is -2.34. The first-order valence-corrected chi connectivity index (χ1v) is 14.1. The Morgan fingerprint density at radius 3 is 2.36 bits per heavy atom. The lowest BCUT2D eigenvalue weighted by molar-refractivity contribution is -0.116. The van der Waals surface area contributed by atoms with E-state index in [1.807, 2.05) is 47.4 Å². The number of amides is 2. The molecule has 0 saturated carbocycles. The Hall–Kier alpha value is -3.82. The van der Waals surface area contributed by atoms with E-state index in [4.69, 9.17) is 0 Å². The molecule has 1 aliphatic rings. The quantitative estimate of drug-likeness (QED) is 0.371. The fourth-order valence-corrected chi connectivity index (χ4v) is 5.98. The number of nitrogens with zero attached hydrogens (tertiary/aromatic N) is 4. The molecule has 1 N–H and O–H groups in total. The van der Waals surface area contributed by atoms with Gasteiger partial charge in [-0.05, 0) is 41.7 Å². The van der Waals surface area contributed by atoms with E-state index in [-0.39, 0.29) is 23.9 Å². The van der Waals surface area contributed by atoms with Crippen molar-refractivity contribution in [3.63, 3.8) is 0 Å². The fourth-order valence-electron chi connectivity index (χ4n) is 4.88. The summed E-state index contributed by atoms with van der Waals surface area (Å²) in [7, 11) is 0. The van der Waals surface area contributed by atoms with Gasteiger partial charge in [-0.25, -0.2) is 4.98 Å². The van der Waals surface area contributed by atoms with Crippen molar-refractivity contribution >= 4 is 39.1 Å². The van der Waals surface area contributed by atoms with Crippen molar-refractivity contribution in [1.82, 2.24) is 19.4 Å². The highest BCUT2D eigenvalue weighted by atomic mass is 32.1. The van der Waals surface area contributed by atoms with Crippen LogP contribution < -0.4 is 10.9 Å². The average Bonchev–Trinajstić information content (AvgIpc) is 3.28. The van der Waals surface area contributed by atoms with Crippen LogP contribution in [0.25, 0.3) is 10.2 Å². The summed E-state index contributed by atoms with van der Waals surface area (Å²) >= 11 is 1.25. The Balaban J connectivity index is 1.26. The van der Waals surface area contributed by atoms with Gasteiger partial charge in [0, 0.05) is 38.4 Å². The normalized spacial score (nSPS) is 14.2. The molecule has 2 aromatic carbocycles. The van der Waals surface area contributed by atoms with Gasteiger partial charge in [-0.1, -0.05) is 56.3 Å². The molecular weight excluding hydrogens is 510 g/mol. The molecule has 39 heavy (non-hydrogen) atoms. The smallest absolute Gasteiger partial charge is 0.264 e. The van der Waals surface area contributed by atoms with E-state index in [9.17, 15) is 14.4 Å². The van der Waals surface area contributed by atoms with Gasteiger partial charge in [0.25, 0.3) is 11.5 Å². The van der Waals surface area contributed by atoms with Crippen LogP contribution in [0.1, 0.15) is 46.1 Å². The second-order valence-electron chi connectivity index (χ2n) is 10.3. The van der Waals surface area contributed by atoms with Crippen LogP contribution in [-0.2, 0) is 17.9 Å². The van der Waals surface area contributed by atoms with Gasteiger partial charge in [0.05, 0.1) is 16.6 Å². The lowest BCUT2D eigenvalue weighted by atomic mass is 10.0. The van der Waals surface area contributed by atoms with E-state index < -0.39 is 0 Å². The van der Waals surface area contributed by atoms with Gasteiger partial charge < -0.3 is 10.2 Å². The molecule has 0 atom stereocenters. The number of nitrogens with one attached hydrogen (secondary N) is 1. The van der Waals surface area contributed by atoms with Crippen LogP contribution in [0.3, 0.4) is 0 Å². The molecule has 2 aromatic heterocycles. The maximum absolute atomic E-state index is 13.4. The molecule has 0 radical (unpaired) electrons. The Bertz CT molecular complexity index is 1530. The number of hydrogen-bond donors (Lipinski definition) is 1. The van der Waals surface area contributed by atoms with Crippen molar-refractivity contribution in [1.29, 1.82) is 0 Å². The van der Waals surface area contributed by atoms with E-state index in [0.29, 0.717) is 45.4 Å². The van der Waals surface area contributed by atoms with E-state index in [1.165, 1.54) is 33.4 Å². The van der Waals surface area contributed by atoms with Crippen LogP contribution >= 0.6 is 11.3 Å². The third-order valence-electron chi connectivity index (χ3n) is 7.20. The predicted octanol–water partition coefficient (Wildman–Crippen LogP) is 4.49. The van der Waals surface area contributed by atoms with Crippen molar-refractivity contribution in [2.24, 2.45) is 0 Å². The minimum absolute atomic E-state index is 0.0663. The zero-order chi connectivity index (χ0) is 27.5. The zero-order valence-electron chi connectivity index (χ0n) is 22.5. The van der Waals surface area contributed by atoms with Gasteiger partial charge in [-0.2, -0.15) is 0 Å². The summed E-state index contributed by atoms with van der Waals surface area (Å²) in [5, 5.41) is 3.25. The minimum atomic E-state index is -0.314. The van der Waals surface area contributed by atoms with Crippen molar-refractivity contribution in [3.05, 3.63) is 92.8 Å². The third-order valence-corrected chi connectivity index (χ3v) is 8.38. The van der Waals surface area contributed by atoms with Crippen molar-refractivity contribution in [3.8, 4) is 0 Å². The number of aromatic nitrogens is 2. The number of fused-ring (bicyclic) bond motifs is 1. The highest BCUT2D eigenvalue weighted by Crippen LogP contribution is 2.28. The Labute approximate surface area is 231 Å². The number of hydrogen-bond acceptors (Lipinski definition) is 6. The van der Waals surface area contributed by atoms with Crippen LogP contribution in [0.15, 0.2) is 65.7 Å². The SMILES string of the molecule is Cc1c(C(=O)N2CCN(Cc3ccccc3)CC2)sc2ncn(CC(=O)Nc3ccc(C(C)C)cc3)c(=O)c12. The molecule has 4 aromatic rings. The molecule has 5 rings (SSSR count). The molecule has 0 bridgehead atoms. The Kier molecular flexibility index (Phi) is 7.90. The van der Waals surface area contributed by atoms with Crippen molar-refractivity contribution < 1.29 is 9.59 Å². The summed E-state index contributed by atoms with van der Waals surface area (Å²) in [5.41, 5.74) is 3.44. The van der Waals surface area contributed by atoms with E-state index >= 15 is 0 Å². The lowest BCUT2D eigenvalue weighted by Crippen LogP contribution is -2.48. The van der Waals surface area contributed by atoms with Crippen molar-refractivity contribution in [2.75, 3.05) is 31.5 Å². The largest absolute Gasteiger partial charge is 0.335 e. The van der Waals surface area contributed by atoms with Gasteiger partial charge in [-0.15, -0.1) is 11.3 Å². The summed E-state index contributed by atoms with van der Waals surface area (Å²) in [5.74, 6) is 0.0255. The number of benzene rings is 2. The summed E-state index contributed by atoms with van der Waals surface area (Å²) in [6, 6.07) is 18.0. The molecule has 3 heterocycles. The number of piperazine rings is 1. The first-order chi connectivity index (χ1) is 18.8. The van der Waals surface area contributed by atoms with Gasteiger partial charge >= 0.3 is 0 Å². The van der Waals surface area contributed by atoms with Crippen LogP contribution in [0, 0.1) is 6.92 Å². The molecule has 202 valence electrons. The second-order valence-corrected chi connectivity index (χ2v) is 11.3. The van der Waals surface area contributed by atoms with E-state index in [1.54, 1.807) is 6.92 Å². The molecule has 0 unspecified atom stereocenters. The highest BCUT2D eigenvalue weighted by Gasteiger charge is 2.27. The van der Waals surface area contributed by atoms with Crippen LogP contribution in [-0.4, -0.2) is 57.3 Å². The predicted molar refractivity (Wildman–Crippen MR) is 155 cm³/mol. The molecule has 0 spiro atoms. The summed E-state index contributed by atoms with van der Waals surface area (Å²) < 4.78 is 1.30. The standard InChI is InChI=1S/C30H33N5O3S/c1-20(2)23-9-11-24(12-10-23)32-25(36)18-35-19-31-28-26(29(35)37)21(3)27(39-28)30(38)34-15-13-33(14-16-34)17-22-7-5-4-6-8-22/h4-12,19-20H,13-18H2,1-3H3,(H,32,36). The highest BCUT2D eigenvalue weighted by molar-refractivity contribution is 7.20. The number of thiophene rings is 1. The molecule has 1 aliphatic heterocycles. The van der Waals surface area contributed by atoms with Gasteiger partial charge in [0.1, 0.15) is 11.4 Å². The second kappa shape index (κ2) is 11.5. The Morgan fingerprint density at radius 2 is 1.69 bits per heavy atom. The third kappa shape index (κ3) is 5.94. The van der Waals surface area contributed by atoms with Crippen LogP contribution in [0.2, 0.25) is 0 Å². The van der Waals surface area contributed by atoms with Gasteiger partial charge in [0.2, 0.25) is 5.91 Å². The molecule has 2 amide bonds. The number of carbonyl (C=O) groups is 2. The molecule has 9 heteroatoms. The number of rotatable bonds is 7. The first-order valence-electron chi connectivity index (χ1n) is 13.2. The molecule has 1 saturated heterocycles. The van der Waals surface area contributed by atoms with E-state index in [2.05, 4.69) is 41.2 Å². The van der Waals surface area contributed by atoms with Gasteiger partial charge in [-0.3, -0.25) is 23.9 Å². The minimum Gasteiger partial charge on any atom is -0.335 e. The average molecular weight is 544 g/mol. The van der Waals surface area contributed by atoms with Crippen LogP contribution in [0.4, 0.5) is 5.69 Å². The molecular formula is C30H33N5O3S. The van der Waals surface area contributed by atoms with Gasteiger partial charge in [0.15, 0.2) is 0 Å². The molecule has 0 aliphatic carbocycles. The number of anilines is 1. The Morgan fingerprint density at radius 1 is 1.00 bits per heavy atom. The maximum atomic E-state index is 13.4. The monoisotopic (exact) mass is 543 g/mol. The summed E-state index contributed by atoms with van der Waals surface area (Å²) in [6.45, 7) is 9.59. The van der Waals surface area contributed by atoms with Crippen molar-refractivity contribution in [2.45, 2.75) is 39.8 Å². The summed E-state index contributed by atoms with van der Waals surface area (Å²) in [6.07, 6.45) is 1.39. The topological polar surface area (TPSA) is 87.5 Å². The van der Waals surface area contributed by atoms with Crippen LogP contribution in [0.5, 0.6) is 0 Å². The maximum Gasteiger partial charge on any atom is 0.264 e. The molecule has 1 fully saturated rings. The number of carbonyl (C=O) groups excluding carboxylic acids is 2. The summed E-state index contributed by atoms with van der Waals surface area (Å²) in [4.78, 5) is 49.1. The van der Waals surface area contributed by atoms with E-state index in [0.717, 1.165) is 19.6 Å². The number of aryl methyl sites for hydroxylation is 1.